The number of hydrogen-bond donors (Lipinski definition) is 3. The van der Waals surface area contributed by atoms with E-state index >= 15 is 0 Å². The van der Waals surface area contributed by atoms with Crippen molar-refractivity contribution in [2.45, 2.75) is 18.9 Å². The third-order valence-electron chi connectivity index (χ3n) is 2.89. The molecule has 86 valence electrons. The Balaban J connectivity index is 2.22. The lowest BCUT2D eigenvalue weighted by Crippen LogP contribution is -2.17. The van der Waals surface area contributed by atoms with Crippen molar-refractivity contribution in [3.05, 3.63) is 30.1 Å². The minimum Gasteiger partial charge on any atom is -0.345 e. The molecule has 0 bridgehead atoms. The lowest BCUT2D eigenvalue weighted by Gasteiger charge is -2.16. The first-order valence-corrected chi connectivity index (χ1v) is 5.65. The fourth-order valence-electron chi connectivity index (χ4n) is 1.97. The van der Waals surface area contributed by atoms with E-state index in [1.165, 1.54) is 5.56 Å². The molecule has 16 heavy (non-hydrogen) atoms. The first-order valence-electron chi connectivity index (χ1n) is 5.65. The van der Waals surface area contributed by atoms with Gasteiger partial charge in [-0.15, -0.1) is 0 Å². The molecular weight excluding hydrogens is 200 g/mol. The molecule has 1 aromatic heterocycles. The van der Waals surface area contributed by atoms with Gasteiger partial charge in [-0.05, 0) is 44.1 Å². The number of benzene rings is 1. The molecule has 4 N–H and O–H groups in total. The molecule has 4 heteroatoms. The number of nitrogens with zero attached hydrogens (tertiary/aromatic N) is 1. The Bertz CT molecular complexity index is 449. The van der Waals surface area contributed by atoms with Crippen molar-refractivity contribution in [2.75, 3.05) is 13.6 Å². The Morgan fingerprint density at radius 2 is 2.38 bits per heavy atom. The zero-order valence-electron chi connectivity index (χ0n) is 9.53. The molecule has 0 amide bonds. The third kappa shape index (κ3) is 2.23. The molecule has 0 aliphatic carbocycles. The monoisotopic (exact) mass is 218 g/mol. The van der Waals surface area contributed by atoms with E-state index in [0.29, 0.717) is 6.04 Å². The summed E-state index contributed by atoms with van der Waals surface area (Å²) in [6.45, 7) is 0.741. The van der Waals surface area contributed by atoms with Gasteiger partial charge < -0.3 is 16.0 Å². The Kier molecular flexibility index (Phi) is 3.54. The quantitative estimate of drug-likeness (QED) is 0.713. The van der Waals surface area contributed by atoms with Crippen LogP contribution in [0.2, 0.25) is 0 Å². The molecule has 0 radical (unpaired) electrons. The summed E-state index contributed by atoms with van der Waals surface area (Å²) in [5, 5.41) is 3.32. The summed E-state index contributed by atoms with van der Waals surface area (Å²) in [6.07, 6.45) is 3.82. The van der Waals surface area contributed by atoms with Gasteiger partial charge >= 0.3 is 0 Å². The van der Waals surface area contributed by atoms with Crippen molar-refractivity contribution >= 4 is 11.0 Å². The predicted molar refractivity (Wildman–Crippen MR) is 66.2 cm³/mol. The van der Waals surface area contributed by atoms with Crippen LogP contribution in [0, 0.1) is 0 Å². The Hall–Kier alpha value is -1.39. The molecule has 2 rings (SSSR count). The van der Waals surface area contributed by atoms with Crippen LogP contribution in [-0.4, -0.2) is 23.6 Å². The molecular formula is C12H18N4. The molecule has 0 saturated heterocycles. The summed E-state index contributed by atoms with van der Waals surface area (Å²) in [6, 6.07) is 6.70. The minimum absolute atomic E-state index is 0.372. The maximum Gasteiger partial charge on any atom is 0.0931 e. The maximum absolute atomic E-state index is 5.54. The average Bonchev–Trinajstić information content (AvgIpc) is 2.77. The van der Waals surface area contributed by atoms with Gasteiger partial charge in [0.25, 0.3) is 0 Å². The second kappa shape index (κ2) is 5.09. The molecule has 1 heterocycles. The van der Waals surface area contributed by atoms with E-state index in [4.69, 9.17) is 5.73 Å². The summed E-state index contributed by atoms with van der Waals surface area (Å²) in [5.41, 5.74) is 8.92. The van der Waals surface area contributed by atoms with E-state index in [-0.39, 0.29) is 0 Å². The Labute approximate surface area is 95.3 Å². The van der Waals surface area contributed by atoms with Gasteiger partial charge in [0.15, 0.2) is 0 Å². The van der Waals surface area contributed by atoms with Gasteiger partial charge in [-0.25, -0.2) is 4.98 Å². The smallest absolute Gasteiger partial charge is 0.0931 e. The van der Waals surface area contributed by atoms with Gasteiger partial charge in [0.05, 0.1) is 17.4 Å². The molecule has 1 unspecified atom stereocenters. The lowest BCUT2D eigenvalue weighted by atomic mass is 10.0. The first kappa shape index (κ1) is 11.1. The Morgan fingerprint density at radius 1 is 1.50 bits per heavy atom. The summed E-state index contributed by atoms with van der Waals surface area (Å²) in [5.74, 6) is 0. The van der Waals surface area contributed by atoms with E-state index in [9.17, 15) is 0 Å². The highest BCUT2D eigenvalue weighted by Gasteiger charge is 2.09. The highest BCUT2D eigenvalue weighted by atomic mass is 14.9. The molecule has 4 nitrogen and oxygen atoms in total. The second-order valence-electron chi connectivity index (χ2n) is 3.95. The number of fused-ring (bicyclic) bond motifs is 1. The average molecular weight is 218 g/mol. The van der Waals surface area contributed by atoms with Crippen molar-refractivity contribution in [3.63, 3.8) is 0 Å². The van der Waals surface area contributed by atoms with Gasteiger partial charge in [-0.1, -0.05) is 6.07 Å². The molecule has 0 spiro atoms. The predicted octanol–water partition coefficient (Wildman–Crippen LogP) is 1.56. The van der Waals surface area contributed by atoms with Crippen LogP contribution >= 0.6 is 0 Å². The highest BCUT2D eigenvalue weighted by molar-refractivity contribution is 5.75. The zero-order chi connectivity index (χ0) is 11.4. The SMILES string of the molecule is CNC(CCCN)c1ccc2nc[nH]c2c1. The van der Waals surface area contributed by atoms with Crippen molar-refractivity contribution in [1.82, 2.24) is 15.3 Å². The third-order valence-corrected chi connectivity index (χ3v) is 2.89. The maximum atomic E-state index is 5.54. The van der Waals surface area contributed by atoms with Crippen molar-refractivity contribution < 1.29 is 0 Å². The summed E-state index contributed by atoms with van der Waals surface area (Å²) >= 11 is 0. The lowest BCUT2D eigenvalue weighted by molar-refractivity contribution is 0.531. The number of H-pyrrole nitrogens is 1. The van der Waals surface area contributed by atoms with Gasteiger partial charge in [0.2, 0.25) is 0 Å². The van der Waals surface area contributed by atoms with E-state index in [0.717, 1.165) is 30.4 Å². The highest BCUT2D eigenvalue weighted by Crippen LogP contribution is 2.21. The van der Waals surface area contributed by atoms with Gasteiger partial charge in [0.1, 0.15) is 0 Å². The van der Waals surface area contributed by atoms with Crippen molar-refractivity contribution in [1.29, 1.82) is 0 Å². The fraction of sp³-hybridized carbons (Fsp3) is 0.417. The summed E-state index contributed by atoms with van der Waals surface area (Å²) in [4.78, 5) is 7.34. The van der Waals surface area contributed by atoms with E-state index < -0.39 is 0 Å². The number of aromatic nitrogens is 2. The first-order chi connectivity index (χ1) is 7.85. The number of hydrogen-bond acceptors (Lipinski definition) is 3. The standard InChI is InChI=1S/C12H18N4/c1-14-10(3-2-6-13)9-4-5-11-12(7-9)16-8-15-11/h4-5,7-8,10,14H,2-3,6,13H2,1H3,(H,15,16). The van der Waals surface area contributed by atoms with Gasteiger partial charge in [0, 0.05) is 6.04 Å². The molecule has 0 saturated carbocycles. The van der Waals surface area contributed by atoms with Crippen molar-refractivity contribution in [2.24, 2.45) is 5.73 Å². The van der Waals surface area contributed by atoms with Crippen LogP contribution in [0.15, 0.2) is 24.5 Å². The molecule has 2 aromatic rings. The van der Waals surface area contributed by atoms with Crippen LogP contribution in [0.3, 0.4) is 0 Å². The van der Waals surface area contributed by atoms with Crippen LogP contribution in [0.25, 0.3) is 11.0 Å². The fourth-order valence-corrected chi connectivity index (χ4v) is 1.97. The number of nitrogens with two attached hydrogens (primary N) is 1. The molecule has 0 aliphatic rings. The number of nitrogens with one attached hydrogen (secondary N) is 2. The van der Waals surface area contributed by atoms with E-state index in [1.807, 2.05) is 13.1 Å². The minimum atomic E-state index is 0.372. The normalized spacial score (nSPS) is 13.1. The van der Waals surface area contributed by atoms with Gasteiger partial charge in [-0.3, -0.25) is 0 Å². The number of imidazole rings is 1. The summed E-state index contributed by atoms with van der Waals surface area (Å²) < 4.78 is 0. The Morgan fingerprint density at radius 3 is 3.12 bits per heavy atom. The molecule has 0 fully saturated rings. The molecule has 1 aromatic carbocycles. The van der Waals surface area contributed by atoms with Gasteiger partial charge in [-0.2, -0.15) is 0 Å². The largest absolute Gasteiger partial charge is 0.345 e. The number of aromatic amines is 1. The molecule has 1 atom stereocenters. The van der Waals surface area contributed by atoms with Crippen LogP contribution in [0.1, 0.15) is 24.4 Å². The van der Waals surface area contributed by atoms with Crippen LogP contribution in [-0.2, 0) is 0 Å². The van der Waals surface area contributed by atoms with E-state index in [1.54, 1.807) is 6.33 Å². The topological polar surface area (TPSA) is 66.7 Å². The van der Waals surface area contributed by atoms with Crippen LogP contribution in [0.4, 0.5) is 0 Å². The molecule has 0 aliphatic heterocycles. The van der Waals surface area contributed by atoms with E-state index in [2.05, 4.69) is 27.4 Å². The number of rotatable bonds is 5. The van der Waals surface area contributed by atoms with Crippen molar-refractivity contribution in [3.8, 4) is 0 Å². The zero-order valence-corrected chi connectivity index (χ0v) is 9.53. The summed E-state index contributed by atoms with van der Waals surface area (Å²) in [7, 11) is 1.98. The van der Waals surface area contributed by atoms with Crippen LogP contribution in [0.5, 0.6) is 0 Å². The van der Waals surface area contributed by atoms with Crippen LogP contribution < -0.4 is 11.1 Å². The second-order valence-corrected chi connectivity index (χ2v) is 3.95.